The molecule has 1 N–H and O–H groups in total. The predicted octanol–water partition coefficient (Wildman–Crippen LogP) is 3.30. The van der Waals surface area contributed by atoms with Gasteiger partial charge in [-0.1, -0.05) is 25.4 Å². The molecule has 1 aromatic rings. The fourth-order valence-corrected chi connectivity index (χ4v) is 1.64. The van der Waals surface area contributed by atoms with Crippen LogP contribution in [0.15, 0.2) is 18.2 Å². The molecule has 0 aliphatic heterocycles. The van der Waals surface area contributed by atoms with Crippen molar-refractivity contribution in [3.8, 4) is 0 Å². The van der Waals surface area contributed by atoms with Crippen LogP contribution in [0.4, 0.5) is 4.39 Å². The van der Waals surface area contributed by atoms with Gasteiger partial charge in [0.05, 0.1) is 5.92 Å². The molecule has 2 unspecified atom stereocenters. The highest BCUT2D eigenvalue weighted by atomic mass is 35.5. The van der Waals surface area contributed by atoms with E-state index < -0.39 is 17.7 Å². The van der Waals surface area contributed by atoms with Crippen LogP contribution in [0, 0.1) is 11.7 Å². The zero-order valence-corrected chi connectivity index (χ0v) is 9.25. The Kier molecular flexibility index (Phi) is 3.69. The van der Waals surface area contributed by atoms with Crippen molar-refractivity contribution in [1.82, 2.24) is 0 Å². The average molecular weight is 231 g/mol. The van der Waals surface area contributed by atoms with E-state index in [0.29, 0.717) is 10.6 Å². The Morgan fingerprint density at radius 3 is 2.60 bits per heavy atom. The van der Waals surface area contributed by atoms with Crippen LogP contribution in [0.25, 0.3) is 0 Å². The first-order valence-corrected chi connectivity index (χ1v) is 4.99. The first kappa shape index (κ1) is 12.0. The van der Waals surface area contributed by atoms with Gasteiger partial charge < -0.3 is 5.11 Å². The molecule has 0 spiro atoms. The van der Waals surface area contributed by atoms with Crippen molar-refractivity contribution < 1.29 is 14.3 Å². The summed E-state index contributed by atoms with van der Waals surface area (Å²) in [5.41, 5.74) is 0.534. The van der Waals surface area contributed by atoms with Gasteiger partial charge in [0.25, 0.3) is 0 Å². The molecule has 1 rings (SSSR count). The summed E-state index contributed by atoms with van der Waals surface area (Å²) < 4.78 is 13.0. The number of carbonyl (C=O) groups is 1. The fourth-order valence-electron chi connectivity index (χ4n) is 1.35. The van der Waals surface area contributed by atoms with E-state index in [-0.39, 0.29) is 5.92 Å². The number of carboxylic acid groups (broad SMARTS) is 1. The van der Waals surface area contributed by atoms with Gasteiger partial charge in [-0.05, 0) is 29.7 Å². The Balaban J connectivity index is 3.04. The summed E-state index contributed by atoms with van der Waals surface area (Å²) in [4.78, 5) is 10.8. The van der Waals surface area contributed by atoms with Gasteiger partial charge in [-0.2, -0.15) is 0 Å². The zero-order valence-electron chi connectivity index (χ0n) is 8.50. The van der Waals surface area contributed by atoms with Crippen LogP contribution in [-0.2, 0) is 4.79 Å². The summed E-state index contributed by atoms with van der Waals surface area (Å²) in [6.45, 7) is 3.30. The van der Waals surface area contributed by atoms with Crippen molar-refractivity contribution in [3.05, 3.63) is 34.6 Å². The van der Waals surface area contributed by atoms with Crippen LogP contribution >= 0.6 is 11.6 Å². The van der Waals surface area contributed by atoms with Gasteiger partial charge in [-0.25, -0.2) is 4.39 Å². The normalized spacial score (nSPS) is 14.7. The van der Waals surface area contributed by atoms with Crippen molar-refractivity contribution in [2.45, 2.75) is 19.8 Å². The molecule has 82 valence electrons. The Labute approximate surface area is 92.7 Å². The van der Waals surface area contributed by atoms with Crippen molar-refractivity contribution in [1.29, 1.82) is 0 Å². The van der Waals surface area contributed by atoms with Gasteiger partial charge in [0.15, 0.2) is 0 Å². The van der Waals surface area contributed by atoms with Gasteiger partial charge in [-0.3, -0.25) is 4.79 Å². The molecule has 0 saturated heterocycles. The third kappa shape index (κ3) is 2.69. The summed E-state index contributed by atoms with van der Waals surface area (Å²) in [5.74, 6) is -2.23. The molecule has 15 heavy (non-hydrogen) atoms. The van der Waals surface area contributed by atoms with E-state index in [2.05, 4.69) is 0 Å². The minimum Gasteiger partial charge on any atom is -0.481 e. The molecule has 0 bridgehead atoms. The van der Waals surface area contributed by atoms with Crippen LogP contribution in [-0.4, -0.2) is 11.1 Å². The monoisotopic (exact) mass is 230 g/mol. The Morgan fingerprint density at radius 1 is 1.47 bits per heavy atom. The molecule has 0 fully saturated rings. The van der Waals surface area contributed by atoms with E-state index >= 15 is 0 Å². The van der Waals surface area contributed by atoms with E-state index in [1.807, 2.05) is 0 Å². The molecular weight excluding hydrogens is 219 g/mol. The number of aliphatic carboxylic acids is 1. The Morgan fingerprint density at radius 2 is 2.07 bits per heavy atom. The second-order valence-electron chi connectivity index (χ2n) is 3.58. The lowest BCUT2D eigenvalue weighted by Gasteiger charge is -2.17. The summed E-state index contributed by atoms with van der Waals surface area (Å²) in [6, 6.07) is 3.98. The molecule has 2 atom stereocenters. The number of halogens is 2. The largest absolute Gasteiger partial charge is 0.481 e. The molecule has 0 aliphatic rings. The van der Waals surface area contributed by atoms with E-state index in [4.69, 9.17) is 16.7 Å². The number of carboxylic acids is 1. The lowest BCUT2D eigenvalue weighted by atomic mass is 9.89. The number of hydrogen-bond acceptors (Lipinski definition) is 1. The maximum atomic E-state index is 13.0. The lowest BCUT2D eigenvalue weighted by molar-refractivity contribution is -0.141. The smallest absolute Gasteiger partial charge is 0.306 e. The van der Waals surface area contributed by atoms with E-state index in [1.54, 1.807) is 13.8 Å². The van der Waals surface area contributed by atoms with Gasteiger partial charge in [0.1, 0.15) is 5.82 Å². The molecule has 2 nitrogen and oxygen atoms in total. The standard InChI is InChI=1S/C11H12ClFO2/c1-6(7(2)11(14)15)9-5-8(13)3-4-10(9)12/h3-7H,1-2H3,(H,14,15). The van der Waals surface area contributed by atoms with Crippen LogP contribution < -0.4 is 0 Å². The Hall–Kier alpha value is -1.09. The minimum absolute atomic E-state index is 0.314. The first-order chi connectivity index (χ1) is 6.93. The van der Waals surface area contributed by atoms with Gasteiger partial charge in [0, 0.05) is 5.02 Å². The molecule has 0 amide bonds. The molecule has 1 aromatic carbocycles. The van der Waals surface area contributed by atoms with Crippen LogP contribution in [0.1, 0.15) is 25.3 Å². The van der Waals surface area contributed by atoms with E-state index in [9.17, 15) is 9.18 Å². The van der Waals surface area contributed by atoms with Gasteiger partial charge >= 0.3 is 5.97 Å². The average Bonchev–Trinajstić information content (AvgIpc) is 2.19. The van der Waals surface area contributed by atoms with Gasteiger partial charge in [-0.15, -0.1) is 0 Å². The maximum Gasteiger partial charge on any atom is 0.306 e. The molecule has 0 heterocycles. The molecular formula is C11H12ClFO2. The van der Waals surface area contributed by atoms with Crippen molar-refractivity contribution in [2.75, 3.05) is 0 Å². The molecule has 0 saturated carbocycles. The van der Waals surface area contributed by atoms with Gasteiger partial charge in [0.2, 0.25) is 0 Å². The molecule has 4 heteroatoms. The van der Waals surface area contributed by atoms with Crippen LogP contribution in [0.2, 0.25) is 5.02 Å². The lowest BCUT2D eigenvalue weighted by Crippen LogP contribution is -2.17. The maximum absolute atomic E-state index is 13.0. The number of rotatable bonds is 3. The Bertz CT molecular complexity index is 379. The van der Waals surface area contributed by atoms with Crippen molar-refractivity contribution >= 4 is 17.6 Å². The van der Waals surface area contributed by atoms with Crippen molar-refractivity contribution in [3.63, 3.8) is 0 Å². The van der Waals surface area contributed by atoms with E-state index in [1.165, 1.54) is 18.2 Å². The second kappa shape index (κ2) is 4.62. The summed E-state index contributed by atoms with van der Waals surface area (Å²) >= 11 is 5.88. The summed E-state index contributed by atoms with van der Waals surface area (Å²) in [7, 11) is 0. The highest BCUT2D eigenvalue weighted by Crippen LogP contribution is 2.30. The van der Waals surface area contributed by atoms with E-state index in [0.717, 1.165) is 0 Å². The van der Waals surface area contributed by atoms with Crippen LogP contribution in [0.5, 0.6) is 0 Å². The quantitative estimate of drug-likeness (QED) is 0.865. The molecule has 0 radical (unpaired) electrons. The topological polar surface area (TPSA) is 37.3 Å². The number of benzene rings is 1. The zero-order chi connectivity index (χ0) is 11.6. The third-order valence-corrected chi connectivity index (χ3v) is 2.93. The number of hydrogen-bond donors (Lipinski definition) is 1. The third-order valence-electron chi connectivity index (χ3n) is 2.59. The highest BCUT2D eigenvalue weighted by Gasteiger charge is 2.22. The first-order valence-electron chi connectivity index (χ1n) is 4.61. The van der Waals surface area contributed by atoms with Crippen molar-refractivity contribution in [2.24, 2.45) is 5.92 Å². The molecule has 0 aliphatic carbocycles. The highest BCUT2D eigenvalue weighted by molar-refractivity contribution is 6.31. The summed E-state index contributed by atoms with van der Waals surface area (Å²) in [5, 5.41) is 9.24. The fraction of sp³-hybridized carbons (Fsp3) is 0.364. The molecule has 0 aromatic heterocycles. The predicted molar refractivity (Wildman–Crippen MR) is 56.6 cm³/mol. The minimum atomic E-state index is -0.914. The summed E-state index contributed by atoms with van der Waals surface area (Å²) in [6.07, 6.45) is 0. The second-order valence-corrected chi connectivity index (χ2v) is 3.99. The SMILES string of the molecule is CC(C(=O)O)C(C)c1cc(F)ccc1Cl. The van der Waals surface area contributed by atoms with Crippen LogP contribution in [0.3, 0.4) is 0 Å².